The van der Waals surface area contributed by atoms with Crippen molar-refractivity contribution >= 4 is 30.0 Å². The third-order valence-corrected chi connectivity index (χ3v) is 3.65. The second-order valence-electron chi connectivity index (χ2n) is 5.93. The van der Waals surface area contributed by atoms with E-state index in [1.165, 1.54) is 0 Å². The van der Waals surface area contributed by atoms with E-state index in [2.05, 4.69) is 10.6 Å². The van der Waals surface area contributed by atoms with E-state index < -0.39 is 0 Å². The summed E-state index contributed by atoms with van der Waals surface area (Å²) in [6.07, 6.45) is 1.63. The van der Waals surface area contributed by atoms with Gasteiger partial charge in [-0.1, -0.05) is 12.1 Å². The summed E-state index contributed by atoms with van der Waals surface area (Å²) in [5.74, 6) is -0.0626. The number of para-hydroxylation sites is 1. The molecule has 4 N–H and O–H groups in total. The van der Waals surface area contributed by atoms with Crippen molar-refractivity contribution in [3.8, 4) is 0 Å². The number of amides is 3. The van der Waals surface area contributed by atoms with Crippen LogP contribution in [0.2, 0.25) is 0 Å². The molecule has 2 rings (SSSR count). The van der Waals surface area contributed by atoms with Crippen LogP contribution in [0.15, 0.2) is 24.3 Å². The number of nitrogens with one attached hydrogen (secondary N) is 2. The number of carbonyl (C=O) groups excluding carboxylic acids is 2. The number of nitrogens with two attached hydrogens (primary N) is 1. The second-order valence-corrected chi connectivity index (χ2v) is 5.93. The Hall–Kier alpha value is -1.79. The van der Waals surface area contributed by atoms with Crippen LogP contribution < -0.4 is 16.4 Å². The molecule has 0 unspecified atom stereocenters. The summed E-state index contributed by atoms with van der Waals surface area (Å²) in [6.45, 7) is 5.08. The number of nitrogens with zero attached hydrogens (tertiary/aromatic N) is 1. The Morgan fingerprint density at radius 1 is 1.22 bits per heavy atom. The van der Waals surface area contributed by atoms with E-state index in [1.54, 1.807) is 29.2 Å². The molecule has 6 nitrogen and oxygen atoms in total. The summed E-state index contributed by atoms with van der Waals surface area (Å²) in [4.78, 5) is 26.3. The molecule has 0 saturated carbocycles. The second kappa shape index (κ2) is 8.74. The van der Waals surface area contributed by atoms with E-state index in [4.69, 9.17) is 5.73 Å². The lowest BCUT2D eigenvalue weighted by atomic mass is 10.0. The molecule has 1 aromatic carbocycles. The third-order valence-electron chi connectivity index (χ3n) is 3.65. The van der Waals surface area contributed by atoms with E-state index in [1.807, 2.05) is 13.8 Å². The number of piperidine rings is 1. The van der Waals surface area contributed by atoms with Crippen LogP contribution in [0.4, 0.5) is 10.5 Å². The van der Waals surface area contributed by atoms with Crippen molar-refractivity contribution in [2.75, 3.05) is 18.4 Å². The smallest absolute Gasteiger partial charge is 0.319 e. The molecule has 0 spiro atoms. The summed E-state index contributed by atoms with van der Waals surface area (Å²) in [5.41, 5.74) is 6.91. The summed E-state index contributed by atoms with van der Waals surface area (Å²) < 4.78 is 0. The molecule has 0 bridgehead atoms. The molecule has 0 aromatic heterocycles. The number of hydrogen-bond acceptors (Lipinski definition) is 3. The average Bonchev–Trinajstić information content (AvgIpc) is 2.47. The normalized spacial score (nSPS) is 15.0. The largest absolute Gasteiger partial charge is 0.338 e. The van der Waals surface area contributed by atoms with Crippen LogP contribution in [0.1, 0.15) is 37.0 Å². The van der Waals surface area contributed by atoms with Gasteiger partial charge in [0, 0.05) is 25.2 Å². The van der Waals surface area contributed by atoms with Crippen molar-refractivity contribution in [3.05, 3.63) is 29.8 Å². The fraction of sp³-hybridized carbons (Fsp3) is 0.500. The Labute approximate surface area is 143 Å². The predicted molar refractivity (Wildman–Crippen MR) is 94.1 cm³/mol. The lowest BCUT2D eigenvalue weighted by molar-refractivity contribution is 0.0716. The van der Waals surface area contributed by atoms with Crippen LogP contribution >= 0.6 is 12.4 Å². The van der Waals surface area contributed by atoms with Gasteiger partial charge in [0.15, 0.2) is 0 Å². The molecule has 23 heavy (non-hydrogen) atoms. The minimum Gasteiger partial charge on any atom is -0.338 e. The number of urea groups is 1. The van der Waals surface area contributed by atoms with Crippen LogP contribution in [0, 0.1) is 0 Å². The van der Waals surface area contributed by atoms with Gasteiger partial charge in [0.05, 0.1) is 11.3 Å². The van der Waals surface area contributed by atoms with E-state index in [9.17, 15) is 9.59 Å². The molecule has 1 aliphatic heterocycles. The summed E-state index contributed by atoms with van der Waals surface area (Å²) in [6, 6.07) is 6.98. The van der Waals surface area contributed by atoms with Gasteiger partial charge < -0.3 is 21.3 Å². The molecule has 1 aliphatic rings. The fourth-order valence-electron chi connectivity index (χ4n) is 2.47. The standard InChI is InChI=1S/C16H24N4O2.ClH/c1-11(2)18-16(22)19-14-6-4-3-5-13(14)15(21)20-9-7-12(17)8-10-20;/h3-6,11-12H,7-10,17H2,1-2H3,(H2,18,19,22);1H. The Kier molecular flexibility index (Phi) is 7.32. The van der Waals surface area contributed by atoms with Crippen LogP contribution in [-0.4, -0.2) is 42.0 Å². The molecular weight excluding hydrogens is 316 g/mol. The highest BCUT2D eigenvalue weighted by atomic mass is 35.5. The molecule has 1 heterocycles. The topological polar surface area (TPSA) is 87.5 Å². The number of halogens is 1. The van der Waals surface area contributed by atoms with Gasteiger partial charge in [-0.3, -0.25) is 4.79 Å². The number of rotatable bonds is 3. The highest BCUT2D eigenvalue weighted by molar-refractivity contribution is 6.03. The van der Waals surface area contributed by atoms with Crippen LogP contribution in [0.25, 0.3) is 0 Å². The van der Waals surface area contributed by atoms with Gasteiger partial charge in [0.1, 0.15) is 0 Å². The van der Waals surface area contributed by atoms with Crippen LogP contribution in [0.3, 0.4) is 0 Å². The molecular formula is C16H25ClN4O2. The number of benzene rings is 1. The lowest BCUT2D eigenvalue weighted by Gasteiger charge is -2.30. The summed E-state index contributed by atoms with van der Waals surface area (Å²) >= 11 is 0. The maximum Gasteiger partial charge on any atom is 0.319 e. The van der Waals surface area contributed by atoms with Gasteiger partial charge in [-0.2, -0.15) is 0 Å². The first kappa shape index (κ1) is 19.3. The maximum absolute atomic E-state index is 12.6. The van der Waals surface area contributed by atoms with Crippen molar-refractivity contribution in [1.29, 1.82) is 0 Å². The van der Waals surface area contributed by atoms with Gasteiger partial charge in [-0.25, -0.2) is 4.79 Å². The number of hydrogen-bond donors (Lipinski definition) is 3. The first-order chi connectivity index (χ1) is 10.5. The first-order valence-corrected chi connectivity index (χ1v) is 7.68. The first-order valence-electron chi connectivity index (χ1n) is 7.68. The summed E-state index contributed by atoms with van der Waals surface area (Å²) in [7, 11) is 0. The van der Waals surface area contributed by atoms with Crippen molar-refractivity contribution < 1.29 is 9.59 Å². The van der Waals surface area contributed by atoms with Crippen molar-refractivity contribution in [2.45, 2.75) is 38.8 Å². The highest BCUT2D eigenvalue weighted by Gasteiger charge is 2.23. The lowest BCUT2D eigenvalue weighted by Crippen LogP contribution is -2.43. The predicted octanol–water partition coefficient (Wildman–Crippen LogP) is 2.20. The SMILES string of the molecule is CC(C)NC(=O)Nc1ccccc1C(=O)N1CCC(N)CC1.Cl. The van der Waals surface area contributed by atoms with Crippen LogP contribution in [-0.2, 0) is 0 Å². The van der Waals surface area contributed by atoms with E-state index in [0.717, 1.165) is 12.8 Å². The number of anilines is 1. The van der Waals surface area contributed by atoms with Crippen molar-refractivity contribution in [2.24, 2.45) is 5.73 Å². The van der Waals surface area contributed by atoms with Gasteiger partial charge in [0.2, 0.25) is 0 Å². The molecule has 1 fully saturated rings. The number of likely N-dealkylation sites (tertiary alicyclic amines) is 1. The fourth-order valence-corrected chi connectivity index (χ4v) is 2.47. The highest BCUT2D eigenvalue weighted by Crippen LogP contribution is 2.19. The van der Waals surface area contributed by atoms with Crippen molar-refractivity contribution in [1.82, 2.24) is 10.2 Å². The molecule has 1 aromatic rings. The zero-order valence-electron chi connectivity index (χ0n) is 13.5. The molecule has 3 amide bonds. The molecule has 0 aliphatic carbocycles. The van der Waals surface area contributed by atoms with Gasteiger partial charge in [-0.05, 0) is 38.8 Å². The Morgan fingerprint density at radius 2 is 1.83 bits per heavy atom. The minimum atomic E-state index is -0.309. The average molecular weight is 341 g/mol. The van der Waals surface area contributed by atoms with Crippen molar-refractivity contribution in [3.63, 3.8) is 0 Å². The van der Waals surface area contributed by atoms with Gasteiger partial charge in [-0.15, -0.1) is 12.4 Å². The molecule has 0 atom stereocenters. The quantitative estimate of drug-likeness (QED) is 0.788. The monoisotopic (exact) mass is 340 g/mol. The zero-order chi connectivity index (χ0) is 16.1. The van der Waals surface area contributed by atoms with E-state index in [-0.39, 0.29) is 36.4 Å². The maximum atomic E-state index is 12.6. The summed E-state index contributed by atoms with van der Waals surface area (Å²) in [5, 5.41) is 5.50. The van der Waals surface area contributed by atoms with Gasteiger partial charge >= 0.3 is 6.03 Å². The Bertz CT molecular complexity index is 543. The Balaban J connectivity index is 0.00000264. The van der Waals surface area contributed by atoms with Gasteiger partial charge in [0.25, 0.3) is 5.91 Å². The minimum absolute atomic E-state index is 0. The molecule has 7 heteroatoms. The number of carbonyl (C=O) groups is 2. The zero-order valence-corrected chi connectivity index (χ0v) is 14.4. The molecule has 0 radical (unpaired) electrons. The molecule has 1 saturated heterocycles. The third kappa shape index (κ3) is 5.41. The molecule has 128 valence electrons. The van der Waals surface area contributed by atoms with E-state index in [0.29, 0.717) is 24.3 Å². The van der Waals surface area contributed by atoms with E-state index >= 15 is 0 Å². The Morgan fingerprint density at radius 3 is 2.43 bits per heavy atom. The van der Waals surface area contributed by atoms with Crippen LogP contribution in [0.5, 0.6) is 0 Å².